The Morgan fingerprint density at radius 1 is 1.41 bits per heavy atom. The van der Waals surface area contributed by atoms with Gasteiger partial charge >= 0.3 is 6.18 Å². The van der Waals surface area contributed by atoms with E-state index in [4.69, 9.17) is 0 Å². The van der Waals surface area contributed by atoms with Crippen LogP contribution in [0.5, 0.6) is 0 Å². The maximum Gasteiger partial charge on any atom is 0.406 e. The maximum absolute atomic E-state index is 12.3. The third-order valence-electron chi connectivity index (χ3n) is 4.04. The van der Waals surface area contributed by atoms with E-state index in [0.29, 0.717) is 11.3 Å². The van der Waals surface area contributed by atoms with E-state index in [-0.39, 0.29) is 24.5 Å². The standard InChI is InChI=1S/C12H17F3N2O4S/c1-16(9-2-3-22(20,21)6-9)11(19)8-4-10(18)17(5-8)7-12(13,14)15/h8-9H,2-7H2,1H3/t8-,9+/m0/s1. The molecule has 0 aromatic heterocycles. The van der Waals surface area contributed by atoms with E-state index in [9.17, 15) is 31.2 Å². The second-order valence-corrected chi connectivity index (χ2v) is 8.03. The summed E-state index contributed by atoms with van der Waals surface area (Å²) in [7, 11) is -1.73. The Morgan fingerprint density at radius 3 is 2.55 bits per heavy atom. The van der Waals surface area contributed by atoms with Crippen LogP contribution >= 0.6 is 0 Å². The number of rotatable bonds is 3. The van der Waals surface area contributed by atoms with Crippen LogP contribution < -0.4 is 0 Å². The van der Waals surface area contributed by atoms with Crippen LogP contribution in [0.2, 0.25) is 0 Å². The lowest BCUT2D eigenvalue weighted by Gasteiger charge is -2.26. The molecule has 0 aliphatic carbocycles. The molecule has 2 fully saturated rings. The zero-order valence-electron chi connectivity index (χ0n) is 12.0. The summed E-state index contributed by atoms with van der Waals surface area (Å²) in [6.07, 6.45) is -4.45. The molecule has 0 aromatic carbocycles. The van der Waals surface area contributed by atoms with Crippen LogP contribution in [-0.4, -0.2) is 73.9 Å². The molecule has 0 saturated carbocycles. The molecule has 0 aromatic rings. The van der Waals surface area contributed by atoms with Crippen LogP contribution in [-0.2, 0) is 19.4 Å². The zero-order valence-corrected chi connectivity index (χ0v) is 12.8. The minimum absolute atomic E-state index is 0.000910. The number of sulfone groups is 1. The lowest BCUT2D eigenvalue weighted by Crippen LogP contribution is -2.42. The highest BCUT2D eigenvalue weighted by atomic mass is 32.2. The molecule has 2 aliphatic rings. The second-order valence-electron chi connectivity index (χ2n) is 5.80. The topological polar surface area (TPSA) is 74.8 Å². The van der Waals surface area contributed by atoms with Crippen molar-refractivity contribution in [2.45, 2.75) is 25.1 Å². The molecule has 10 heteroatoms. The summed E-state index contributed by atoms with van der Waals surface area (Å²) in [6, 6.07) is -0.468. The van der Waals surface area contributed by atoms with Gasteiger partial charge in [0.25, 0.3) is 0 Å². The maximum atomic E-state index is 12.3. The Kier molecular flexibility index (Phi) is 4.42. The number of nitrogens with zero attached hydrogens (tertiary/aromatic N) is 2. The predicted octanol–water partition coefficient (Wildman–Crippen LogP) is 0.0427. The Hall–Kier alpha value is -1.32. The summed E-state index contributed by atoms with van der Waals surface area (Å²) in [5, 5.41) is 0. The highest BCUT2D eigenvalue weighted by Gasteiger charge is 2.43. The predicted molar refractivity (Wildman–Crippen MR) is 70.6 cm³/mol. The number of amides is 2. The second kappa shape index (κ2) is 5.71. The number of likely N-dealkylation sites (tertiary alicyclic amines) is 1. The SMILES string of the molecule is CN(C(=O)[C@H]1CC(=O)N(CC(F)(F)F)C1)[C@@H]1CCS(=O)(=O)C1. The Labute approximate surface area is 126 Å². The fraction of sp³-hybridized carbons (Fsp3) is 0.833. The van der Waals surface area contributed by atoms with E-state index in [0.717, 1.165) is 0 Å². The molecule has 2 heterocycles. The first-order chi connectivity index (χ1) is 9.98. The molecule has 2 atom stereocenters. The van der Waals surface area contributed by atoms with Gasteiger partial charge in [-0.1, -0.05) is 0 Å². The Balaban J connectivity index is 1.98. The molecule has 2 aliphatic heterocycles. The van der Waals surface area contributed by atoms with Gasteiger partial charge in [-0.05, 0) is 6.42 Å². The Bertz CT molecular complexity index is 575. The average molecular weight is 342 g/mol. The highest BCUT2D eigenvalue weighted by molar-refractivity contribution is 7.91. The lowest BCUT2D eigenvalue weighted by atomic mass is 10.1. The molecular weight excluding hydrogens is 325 g/mol. The van der Waals surface area contributed by atoms with Gasteiger partial charge in [-0.25, -0.2) is 8.42 Å². The Morgan fingerprint density at radius 2 is 2.05 bits per heavy atom. The summed E-state index contributed by atoms with van der Waals surface area (Å²) in [5.41, 5.74) is 0. The molecule has 2 saturated heterocycles. The number of carbonyl (C=O) groups excluding carboxylic acids is 2. The molecule has 0 N–H and O–H groups in total. The van der Waals surface area contributed by atoms with Crippen molar-refractivity contribution in [1.82, 2.24) is 9.80 Å². The summed E-state index contributed by atoms with van der Waals surface area (Å²) in [5.74, 6) is -2.16. The van der Waals surface area contributed by atoms with Crippen LogP contribution in [0.15, 0.2) is 0 Å². The first-order valence-corrected chi connectivity index (χ1v) is 8.62. The minimum Gasteiger partial charge on any atom is -0.341 e. The third kappa shape index (κ3) is 3.90. The fourth-order valence-electron chi connectivity index (χ4n) is 2.86. The van der Waals surface area contributed by atoms with E-state index < -0.39 is 46.3 Å². The summed E-state index contributed by atoms with van der Waals surface area (Å²) in [4.78, 5) is 25.7. The van der Waals surface area contributed by atoms with Gasteiger partial charge in [0.15, 0.2) is 9.84 Å². The van der Waals surface area contributed by atoms with Crippen molar-refractivity contribution in [3.63, 3.8) is 0 Å². The van der Waals surface area contributed by atoms with Crippen molar-refractivity contribution >= 4 is 21.7 Å². The molecule has 2 amide bonds. The smallest absolute Gasteiger partial charge is 0.341 e. The van der Waals surface area contributed by atoms with Gasteiger partial charge in [0.05, 0.1) is 17.4 Å². The van der Waals surface area contributed by atoms with Gasteiger partial charge in [0.1, 0.15) is 6.54 Å². The molecule has 126 valence electrons. The van der Waals surface area contributed by atoms with Crippen LogP contribution in [0.4, 0.5) is 13.2 Å². The third-order valence-corrected chi connectivity index (χ3v) is 5.79. The number of alkyl halides is 3. The number of hydrogen-bond donors (Lipinski definition) is 0. The minimum atomic E-state index is -4.50. The van der Waals surface area contributed by atoms with Crippen LogP contribution in [0.3, 0.4) is 0 Å². The van der Waals surface area contributed by atoms with Gasteiger partial charge in [-0.2, -0.15) is 13.2 Å². The normalized spacial score (nSPS) is 28.2. The first kappa shape index (κ1) is 17.0. The van der Waals surface area contributed by atoms with Crippen molar-refractivity contribution in [3.05, 3.63) is 0 Å². The van der Waals surface area contributed by atoms with E-state index in [2.05, 4.69) is 0 Å². The monoisotopic (exact) mass is 342 g/mol. The quantitative estimate of drug-likeness (QED) is 0.726. The van der Waals surface area contributed by atoms with Crippen molar-refractivity contribution in [2.24, 2.45) is 5.92 Å². The molecule has 22 heavy (non-hydrogen) atoms. The molecule has 0 radical (unpaired) electrons. The molecule has 2 rings (SSSR count). The van der Waals surface area contributed by atoms with Crippen molar-refractivity contribution < 1.29 is 31.2 Å². The zero-order chi connectivity index (χ0) is 16.7. The van der Waals surface area contributed by atoms with Crippen molar-refractivity contribution in [3.8, 4) is 0 Å². The summed E-state index contributed by atoms with van der Waals surface area (Å²) in [6.45, 7) is -1.64. The van der Waals surface area contributed by atoms with Gasteiger partial charge in [0.2, 0.25) is 11.8 Å². The average Bonchev–Trinajstić information content (AvgIpc) is 2.89. The van der Waals surface area contributed by atoms with E-state index in [1.165, 1.54) is 11.9 Å². The van der Waals surface area contributed by atoms with Gasteiger partial charge < -0.3 is 9.80 Å². The van der Waals surface area contributed by atoms with Gasteiger partial charge in [0, 0.05) is 26.1 Å². The number of carbonyl (C=O) groups is 2. The highest BCUT2D eigenvalue weighted by Crippen LogP contribution is 2.26. The fourth-order valence-corrected chi connectivity index (χ4v) is 4.63. The largest absolute Gasteiger partial charge is 0.406 e. The molecule has 0 unspecified atom stereocenters. The van der Waals surface area contributed by atoms with Crippen LogP contribution in [0.1, 0.15) is 12.8 Å². The molecular formula is C12H17F3N2O4S. The van der Waals surface area contributed by atoms with Gasteiger partial charge in [-0.3, -0.25) is 9.59 Å². The summed E-state index contributed by atoms with van der Waals surface area (Å²) >= 11 is 0. The molecule has 6 nitrogen and oxygen atoms in total. The number of hydrogen-bond acceptors (Lipinski definition) is 4. The first-order valence-electron chi connectivity index (χ1n) is 6.80. The van der Waals surface area contributed by atoms with E-state index >= 15 is 0 Å². The van der Waals surface area contributed by atoms with Gasteiger partial charge in [-0.15, -0.1) is 0 Å². The van der Waals surface area contributed by atoms with Crippen molar-refractivity contribution in [2.75, 3.05) is 31.6 Å². The molecule has 0 spiro atoms. The van der Waals surface area contributed by atoms with E-state index in [1.807, 2.05) is 0 Å². The lowest BCUT2D eigenvalue weighted by molar-refractivity contribution is -0.157. The van der Waals surface area contributed by atoms with Crippen LogP contribution in [0, 0.1) is 5.92 Å². The summed E-state index contributed by atoms with van der Waals surface area (Å²) < 4.78 is 59.9. The van der Waals surface area contributed by atoms with E-state index in [1.54, 1.807) is 0 Å². The van der Waals surface area contributed by atoms with Crippen LogP contribution in [0.25, 0.3) is 0 Å². The molecule has 0 bridgehead atoms. The number of halogens is 3. The van der Waals surface area contributed by atoms with Crippen molar-refractivity contribution in [1.29, 1.82) is 0 Å².